The fourth-order valence-corrected chi connectivity index (χ4v) is 4.51. The van der Waals surface area contributed by atoms with E-state index in [1.165, 1.54) is 11.1 Å². The van der Waals surface area contributed by atoms with Crippen molar-refractivity contribution < 1.29 is 4.52 Å². The zero-order valence-corrected chi connectivity index (χ0v) is 20.6. The smallest absolute Gasteiger partial charge is 0.233 e. The highest BCUT2D eigenvalue weighted by Crippen LogP contribution is 2.35. The summed E-state index contributed by atoms with van der Waals surface area (Å²) in [4.78, 5) is 6.71. The first-order valence-electron chi connectivity index (χ1n) is 11.6. The summed E-state index contributed by atoms with van der Waals surface area (Å²) in [5.41, 5.74) is 5.79. The quantitative estimate of drug-likeness (QED) is 0.503. The molecule has 7 heteroatoms. The summed E-state index contributed by atoms with van der Waals surface area (Å²) in [5, 5.41) is 8.64. The number of likely N-dealkylation sites (N-methyl/N-ethyl adjacent to an activating group) is 1. The average molecular weight is 464 g/mol. The Morgan fingerprint density at radius 3 is 2.52 bits per heavy atom. The first-order valence-corrected chi connectivity index (χ1v) is 12.0. The summed E-state index contributed by atoms with van der Waals surface area (Å²) in [6.45, 7) is 6.96. The minimum Gasteiger partial charge on any atom is -0.363 e. The van der Waals surface area contributed by atoms with E-state index < -0.39 is 0 Å². The van der Waals surface area contributed by atoms with Gasteiger partial charge in [0.1, 0.15) is 5.69 Å². The topological polar surface area (TPSA) is 47.8 Å². The Balaban J connectivity index is 1.69. The SMILES string of the molecule is CCNC(=S)N(CCN(C)C)Cc1c(-c2ccccc2)noc1N1CCc2ccccc2C1. The number of nitrogens with zero attached hydrogens (tertiary/aromatic N) is 4. The Morgan fingerprint density at radius 2 is 1.79 bits per heavy atom. The fraction of sp³-hybridized carbons (Fsp3) is 0.385. The van der Waals surface area contributed by atoms with Crippen molar-refractivity contribution in [3.63, 3.8) is 0 Å². The summed E-state index contributed by atoms with van der Waals surface area (Å²) in [5.74, 6) is 0.845. The maximum absolute atomic E-state index is 6.05. The van der Waals surface area contributed by atoms with Crippen LogP contribution < -0.4 is 10.2 Å². The molecule has 0 aliphatic carbocycles. The van der Waals surface area contributed by atoms with Crippen LogP contribution in [0.15, 0.2) is 59.1 Å². The molecule has 0 atom stereocenters. The predicted molar refractivity (Wildman–Crippen MR) is 138 cm³/mol. The molecule has 0 saturated carbocycles. The van der Waals surface area contributed by atoms with Gasteiger partial charge in [-0.25, -0.2) is 0 Å². The molecule has 0 unspecified atom stereocenters. The molecule has 0 bridgehead atoms. The summed E-state index contributed by atoms with van der Waals surface area (Å²) in [6.07, 6.45) is 0.997. The third-order valence-electron chi connectivity index (χ3n) is 6.01. The van der Waals surface area contributed by atoms with Crippen molar-refractivity contribution in [1.82, 2.24) is 20.3 Å². The minimum absolute atomic E-state index is 0.640. The molecule has 0 amide bonds. The number of anilines is 1. The molecule has 33 heavy (non-hydrogen) atoms. The molecule has 0 saturated heterocycles. The molecule has 1 aliphatic rings. The molecule has 0 fully saturated rings. The zero-order chi connectivity index (χ0) is 23.2. The minimum atomic E-state index is 0.640. The van der Waals surface area contributed by atoms with Gasteiger partial charge in [-0.15, -0.1) is 0 Å². The summed E-state index contributed by atoms with van der Waals surface area (Å²) in [6, 6.07) is 18.9. The predicted octanol–water partition coefficient (Wildman–Crippen LogP) is 4.16. The number of aromatic nitrogens is 1. The number of thiocarbonyl (C=S) groups is 1. The molecule has 2 heterocycles. The fourth-order valence-electron chi connectivity index (χ4n) is 4.21. The molecular formula is C26H33N5OS. The Labute approximate surface area is 202 Å². The molecule has 1 N–H and O–H groups in total. The van der Waals surface area contributed by atoms with Crippen LogP contribution in [0, 0.1) is 0 Å². The lowest BCUT2D eigenvalue weighted by Crippen LogP contribution is -2.42. The van der Waals surface area contributed by atoms with Gasteiger partial charge in [0.05, 0.1) is 12.1 Å². The van der Waals surface area contributed by atoms with Crippen molar-refractivity contribution in [3.8, 4) is 11.3 Å². The van der Waals surface area contributed by atoms with Gasteiger partial charge in [0.2, 0.25) is 5.88 Å². The molecular weight excluding hydrogens is 430 g/mol. The largest absolute Gasteiger partial charge is 0.363 e. The highest BCUT2D eigenvalue weighted by atomic mass is 32.1. The highest BCUT2D eigenvalue weighted by Gasteiger charge is 2.27. The van der Waals surface area contributed by atoms with Crippen LogP contribution in [0.1, 0.15) is 23.6 Å². The maximum atomic E-state index is 6.05. The van der Waals surface area contributed by atoms with Gasteiger partial charge in [0.25, 0.3) is 0 Å². The van der Waals surface area contributed by atoms with Crippen molar-refractivity contribution >= 4 is 23.2 Å². The van der Waals surface area contributed by atoms with Gasteiger partial charge in [0.15, 0.2) is 5.11 Å². The van der Waals surface area contributed by atoms with Crippen molar-refractivity contribution in [2.24, 2.45) is 0 Å². The van der Waals surface area contributed by atoms with Gasteiger partial charge < -0.3 is 24.5 Å². The normalized spacial score (nSPS) is 13.2. The number of hydrogen-bond acceptors (Lipinski definition) is 5. The van der Waals surface area contributed by atoms with Crippen molar-refractivity contribution in [2.45, 2.75) is 26.4 Å². The number of rotatable bonds is 8. The number of benzene rings is 2. The highest BCUT2D eigenvalue weighted by molar-refractivity contribution is 7.80. The van der Waals surface area contributed by atoms with Gasteiger partial charge in [-0.1, -0.05) is 59.8 Å². The molecule has 1 aromatic heterocycles. The maximum Gasteiger partial charge on any atom is 0.233 e. The van der Waals surface area contributed by atoms with E-state index in [0.717, 1.165) is 67.0 Å². The Hall–Kier alpha value is -2.90. The number of hydrogen-bond donors (Lipinski definition) is 1. The molecule has 2 aromatic carbocycles. The third-order valence-corrected chi connectivity index (χ3v) is 6.42. The van der Waals surface area contributed by atoms with E-state index in [2.05, 4.69) is 82.6 Å². The van der Waals surface area contributed by atoms with Crippen LogP contribution in [0.4, 0.5) is 5.88 Å². The second-order valence-electron chi connectivity index (χ2n) is 8.68. The van der Waals surface area contributed by atoms with Crippen LogP contribution in [0.5, 0.6) is 0 Å². The van der Waals surface area contributed by atoms with E-state index in [9.17, 15) is 0 Å². The molecule has 4 rings (SSSR count). The van der Waals surface area contributed by atoms with Crippen LogP contribution in [0.2, 0.25) is 0 Å². The lowest BCUT2D eigenvalue weighted by Gasteiger charge is -2.31. The van der Waals surface area contributed by atoms with E-state index in [1.807, 2.05) is 18.2 Å². The van der Waals surface area contributed by atoms with Gasteiger partial charge in [-0.3, -0.25) is 0 Å². The van der Waals surface area contributed by atoms with E-state index in [4.69, 9.17) is 16.7 Å². The first-order chi connectivity index (χ1) is 16.1. The van der Waals surface area contributed by atoms with Crippen molar-refractivity contribution in [3.05, 3.63) is 71.3 Å². The van der Waals surface area contributed by atoms with Gasteiger partial charge in [0, 0.05) is 38.3 Å². The Morgan fingerprint density at radius 1 is 1.06 bits per heavy atom. The van der Waals surface area contributed by atoms with Crippen LogP contribution in [-0.4, -0.2) is 60.3 Å². The van der Waals surface area contributed by atoms with E-state index in [1.54, 1.807) is 0 Å². The van der Waals surface area contributed by atoms with Crippen molar-refractivity contribution in [2.75, 3.05) is 45.2 Å². The van der Waals surface area contributed by atoms with E-state index in [-0.39, 0.29) is 0 Å². The van der Waals surface area contributed by atoms with Crippen LogP contribution in [-0.2, 0) is 19.5 Å². The first kappa shape index (κ1) is 23.3. The molecule has 6 nitrogen and oxygen atoms in total. The molecule has 3 aromatic rings. The van der Waals surface area contributed by atoms with E-state index in [0.29, 0.717) is 6.54 Å². The summed E-state index contributed by atoms with van der Waals surface area (Å²) in [7, 11) is 4.17. The molecule has 174 valence electrons. The standard InChI is InChI=1S/C26H33N5OS/c1-4-27-26(33)31(17-16-29(2)3)19-23-24(21-11-6-5-7-12-21)28-32-25(23)30-15-14-20-10-8-9-13-22(20)18-30/h5-13H,4,14-19H2,1-3H3,(H,27,33). The second kappa shape index (κ2) is 10.8. The van der Waals surface area contributed by atoms with Crippen LogP contribution in [0.25, 0.3) is 11.3 Å². The molecule has 0 spiro atoms. The van der Waals surface area contributed by atoms with E-state index >= 15 is 0 Å². The Bertz CT molecular complexity index is 1070. The summed E-state index contributed by atoms with van der Waals surface area (Å²) < 4.78 is 6.05. The Kier molecular flexibility index (Phi) is 7.62. The van der Waals surface area contributed by atoms with Crippen LogP contribution in [0.3, 0.4) is 0 Å². The van der Waals surface area contributed by atoms with Gasteiger partial charge in [-0.2, -0.15) is 0 Å². The lowest BCUT2D eigenvalue weighted by atomic mass is 9.99. The zero-order valence-electron chi connectivity index (χ0n) is 19.8. The summed E-state index contributed by atoms with van der Waals surface area (Å²) >= 11 is 5.74. The average Bonchev–Trinajstić information content (AvgIpc) is 3.25. The van der Waals surface area contributed by atoms with Crippen molar-refractivity contribution in [1.29, 1.82) is 0 Å². The number of nitrogens with one attached hydrogen (secondary N) is 1. The molecule has 0 radical (unpaired) electrons. The number of fused-ring (bicyclic) bond motifs is 1. The van der Waals surface area contributed by atoms with Gasteiger partial charge >= 0.3 is 0 Å². The van der Waals surface area contributed by atoms with Crippen LogP contribution >= 0.6 is 12.2 Å². The molecule has 1 aliphatic heterocycles. The second-order valence-corrected chi connectivity index (χ2v) is 9.07. The van der Waals surface area contributed by atoms with Gasteiger partial charge in [-0.05, 0) is 50.8 Å². The third kappa shape index (κ3) is 5.54. The monoisotopic (exact) mass is 463 g/mol. The lowest BCUT2D eigenvalue weighted by molar-refractivity contribution is 0.322.